The second-order valence-corrected chi connectivity index (χ2v) is 7.44. The molecule has 150 valence electrons. The average Bonchev–Trinajstić information content (AvgIpc) is 3.11. The lowest BCUT2D eigenvalue weighted by atomic mass is 10.1. The first kappa shape index (κ1) is 23.9. The lowest BCUT2D eigenvalue weighted by molar-refractivity contribution is 0.0946. The first-order chi connectivity index (χ1) is 12.2. The lowest BCUT2D eigenvalue weighted by Crippen LogP contribution is -2.29. The molecule has 0 aliphatic carbocycles. The molecule has 0 saturated carbocycles. The monoisotopic (exact) mass is 430 g/mol. The molecule has 1 aromatic carbocycles. The van der Waals surface area contributed by atoms with Crippen molar-refractivity contribution in [1.82, 2.24) is 15.2 Å². The highest BCUT2D eigenvalue weighted by molar-refractivity contribution is 7.09. The Morgan fingerprint density at radius 2 is 1.78 bits per heavy atom. The van der Waals surface area contributed by atoms with Crippen LogP contribution in [0.5, 0.6) is 0 Å². The number of likely N-dealkylation sites (tertiary alicyclic amines) is 1. The molecular weight excluding hydrogens is 403 g/mol. The molecule has 0 radical (unpaired) electrons. The van der Waals surface area contributed by atoms with E-state index in [-0.39, 0.29) is 30.7 Å². The predicted molar refractivity (Wildman–Crippen MR) is 116 cm³/mol. The highest BCUT2D eigenvalue weighted by Crippen LogP contribution is 2.14. The van der Waals surface area contributed by atoms with Crippen LogP contribution in [0.1, 0.15) is 45.9 Å². The number of rotatable bonds is 7. The summed E-state index contributed by atoms with van der Waals surface area (Å²) in [7, 11) is 0. The van der Waals surface area contributed by atoms with E-state index in [1.807, 2.05) is 0 Å². The molecule has 1 aromatic heterocycles. The molecule has 1 aliphatic rings. The van der Waals surface area contributed by atoms with E-state index in [2.05, 4.69) is 39.5 Å². The van der Waals surface area contributed by atoms with Gasteiger partial charge in [-0.1, -0.05) is 30.7 Å². The number of carbonyl (C=O) groups excluding carboxylic acids is 1. The number of benzene rings is 1. The van der Waals surface area contributed by atoms with E-state index in [4.69, 9.17) is 5.73 Å². The fourth-order valence-corrected chi connectivity index (χ4v) is 3.86. The number of nitrogens with two attached hydrogens (primary N) is 1. The van der Waals surface area contributed by atoms with Crippen LogP contribution in [0.3, 0.4) is 0 Å². The van der Waals surface area contributed by atoms with Gasteiger partial charge in [0.15, 0.2) is 0 Å². The summed E-state index contributed by atoms with van der Waals surface area (Å²) in [5, 5.41) is 5.64. The van der Waals surface area contributed by atoms with Gasteiger partial charge in [0.25, 0.3) is 5.91 Å². The number of piperidine rings is 1. The van der Waals surface area contributed by atoms with Crippen molar-refractivity contribution >= 4 is 42.1 Å². The normalized spacial score (nSPS) is 14.1. The number of hydrogen-bond donors (Lipinski definition) is 2. The molecule has 3 rings (SSSR count). The number of aromatic nitrogens is 1. The molecule has 2 heterocycles. The molecule has 2 aromatic rings. The Hall–Kier alpha value is -1.18. The summed E-state index contributed by atoms with van der Waals surface area (Å²) in [4.78, 5) is 19.0. The fraction of sp³-hybridized carbons (Fsp3) is 0.474. The van der Waals surface area contributed by atoms with Gasteiger partial charge in [-0.15, -0.1) is 36.2 Å². The first-order valence-corrected chi connectivity index (χ1v) is 9.85. The number of hydrogen-bond acceptors (Lipinski definition) is 5. The van der Waals surface area contributed by atoms with Gasteiger partial charge in [0.2, 0.25) is 0 Å². The quantitative estimate of drug-likeness (QED) is 0.705. The van der Waals surface area contributed by atoms with Crippen molar-refractivity contribution in [2.75, 3.05) is 19.6 Å². The average molecular weight is 431 g/mol. The van der Waals surface area contributed by atoms with Crippen LogP contribution >= 0.6 is 36.2 Å². The number of amides is 1. The first-order valence-electron chi connectivity index (χ1n) is 8.97. The summed E-state index contributed by atoms with van der Waals surface area (Å²) in [5.41, 5.74) is 8.44. The van der Waals surface area contributed by atoms with E-state index in [0.29, 0.717) is 18.8 Å². The Morgan fingerprint density at radius 3 is 2.44 bits per heavy atom. The Labute approximate surface area is 177 Å². The molecule has 8 heteroatoms. The molecule has 0 spiro atoms. The zero-order chi connectivity index (χ0) is 17.5. The highest BCUT2D eigenvalue weighted by atomic mass is 35.5. The van der Waals surface area contributed by atoms with E-state index in [9.17, 15) is 4.79 Å². The zero-order valence-corrected chi connectivity index (χ0v) is 17.8. The van der Waals surface area contributed by atoms with E-state index in [1.165, 1.54) is 49.3 Å². The third-order valence-corrected chi connectivity index (χ3v) is 5.38. The van der Waals surface area contributed by atoms with Gasteiger partial charge < -0.3 is 11.1 Å². The molecule has 1 aliphatic heterocycles. The minimum Gasteiger partial charge on any atom is -0.347 e. The van der Waals surface area contributed by atoms with Gasteiger partial charge in [0, 0.05) is 24.9 Å². The molecule has 0 atom stereocenters. The second kappa shape index (κ2) is 12.3. The SMILES string of the molecule is Cl.Cl.NCCc1nc(C(=O)NCc2ccc(CN3CCCCC3)cc2)cs1. The third-order valence-electron chi connectivity index (χ3n) is 4.47. The van der Waals surface area contributed by atoms with Crippen molar-refractivity contribution < 1.29 is 4.79 Å². The summed E-state index contributed by atoms with van der Waals surface area (Å²) < 4.78 is 0. The Balaban J connectivity index is 0.00000182. The summed E-state index contributed by atoms with van der Waals surface area (Å²) in [6, 6.07) is 8.53. The molecule has 1 saturated heterocycles. The Kier molecular flexibility index (Phi) is 10.9. The standard InChI is InChI=1S/C19H26N4OS.2ClH/c20-9-8-18-22-17(14-25-18)19(24)21-12-15-4-6-16(7-5-15)13-23-10-2-1-3-11-23;;/h4-7,14H,1-3,8-13,20H2,(H,21,24);2*1H. The number of nitrogens with one attached hydrogen (secondary N) is 1. The third kappa shape index (κ3) is 7.39. The van der Waals surface area contributed by atoms with Crippen LogP contribution in [0.4, 0.5) is 0 Å². The van der Waals surface area contributed by atoms with E-state index in [0.717, 1.165) is 23.5 Å². The summed E-state index contributed by atoms with van der Waals surface area (Å²) in [6.07, 6.45) is 4.71. The maximum atomic E-state index is 12.2. The van der Waals surface area contributed by atoms with Crippen LogP contribution in [-0.2, 0) is 19.5 Å². The molecule has 1 fully saturated rings. The van der Waals surface area contributed by atoms with Crippen LogP contribution in [0.25, 0.3) is 0 Å². The lowest BCUT2D eigenvalue weighted by Gasteiger charge is -2.26. The molecule has 1 amide bonds. The van der Waals surface area contributed by atoms with Crippen LogP contribution in [0.2, 0.25) is 0 Å². The Bertz CT molecular complexity index is 687. The summed E-state index contributed by atoms with van der Waals surface area (Å²) in [6.45, 7) is 4.51. The van der Waals surface area contributed by atoms with Crippen molar-refractivity contribution in [3.8, 4) is 0 Å². The fourth-order valence-electron chi connectivity index (χ4n) is 3.06. The van der Waals surface area contributed by atoms with E-state index < -0.39 is 0 Å². The molecule has 5 nitrogen and oxygen atoms in total. The maximum absolute atomic E-state index is 12.2. The van der Waals surface area contributed by atoms with Gasteiger partial charge in [0.05, 0.1) is 5.01 Å². The largest absolute Gasteiger partial charge is 0.347 e. The van der Waals surface area contributed by atoms with Gasteiger partial charge in [0.1, 0.15) is 5.69 Å². The van der Waals surface area contributed by atoms with Crippen LogP contribution in [-0.4, -0.2) is 35.4 Å². The molecular formula is C19H28Cl2N4OS. The van der Waals surface area contributed by atoms with Crippen molar-refractivity contribution in [2.45, 2.75) is 38.8 Å². The number of carbonyl (C=O) groups is 1. The van der Waals surface area contributed by atoms with Crippen LogP contribution in [0.15, 0.2) is 29.6 Å². The van der Waals surface area contributed by atoms with Crippen LogP contribution < -0.4 is 11.1 Å². The van der Waals surface area contributed by atoms with Gasteiger partial charge in [-0.3, -0.25) is 9.69 Å². The minimum absolute atomic E-state index is 0. The summed E-state index contributed by atoms with van der Waals surface area (Å²) >= 11 is 1.49. The van der Waals surface area contributed by atoms with Crippen molar-refractivity contribution in [1.29, 1.82) is 0 Å². The van der Waals surface area contributed by atoms with Gasteiger partial charge in [-0.05, 0) is 43.6 Å². The van der Waals surface area contributed by atoms with Gasteiger partial charge in [-0.2, -0.15) is 0 Å². The van der Waals surface area contributed by atoms with Gasteiger partial charge >= 0.3 is 0 Å². The highest BCUT2D eigenvalue weighted by Gasteiger charge is 2.11. The maximum Gasteiger partial charge on any atom is 0.271 e. The topological polar surface area (TPSA) is 71.2 Å². The second-order valence-electron chi connectivity index (χ2n) is 6.50. The van der Waals surface area contributed by atoms with E-state index >= 15 is 0 Å². The molecule has 0 unspecified atom stereocenters. The van der Waals surface area contributed by atoms with Crippen molar-refractivity contribution in [3.05, 3.63) is 51.5 Å². The Morgan fingerprint density at radius 1 is 1.11 bits per heavy atom. The minimum atomic E-state index is -0.128. The number of halogens is 2. The van der Waals surface area contributed by atoms with Crippen molar-refractivity contribution in [2.24, 2.45) is 5.73 Å². The van der Waals surface area contributed by atoms with E-state index in [1.54, 1.807) is 5.38 Å². The molecule has 0 bridgehead atoms. The number of thiazole rings is 1. The van der Waals surface area contributed by atoms with Crippen molar-refractivity contribution in [3.63, 3.8) is 0 Å². The van der Waals surface area contributed by atoms with Crippen LogP contribution in [0, 0.1) is 0 Å². The predicted octanol–water partition coefficient (Wildman–Crippen LogP) is 3.40. The molecule has 3 N–H and O–H groups in total. The number of nitrogens with zero attached hydrogens (tertiary/aromatic N) is 2. The van der Waals surface area contributed by atoms with Gasteiger partial charge in [-0.25, -0.2) is 4.98 Å². The zero-order valence-electron chi connectivity index (χ0n) is 15.4. The summed E-state index contributed by atoms with van der Waals surface area (Å²) in [5.74, 6) is -0.128. The smallest absolute Gasteiger partial charge is 0.271 e. The molecule has 27 heavy (non-hydrogen) atoms.